The number of carbonyl (C=O) groups excluding carboxylic acids is 1. The lowest BCUT2D eigenvalue weighted by Gasteiger charge is -2.12. The maximum atomic E-state index is 10.7. The molecular weight excluding hydrogens is 142 g/mol. The summed E-state index contributed by atoms with van der Waals surface area (Å²) in [4.78, 5) is 15.1. The van der Waals surface area contributed by atoms with Gasteiger partial charge in [0.15, 0.2) is 0 Å². The van der Waals surface area contributed by atoms with Crippen LogP contribution in [0.2, 0.25) is 0 Å². The minimum atomic E-state index is -0.236. The third kappa shape index (κ3) is 1.36. The van der Waals surface area contributed by atoms with E-state index >= 15 is 0 Å². The molecule has 0 aliphatic carbocycles. The first-order valence-corrected chi connectivity index (χ1v) is 3.06. The summed E-state index contributed by atoms with van der Waals surface area (Å²) in [5.41, 5.74) is 2.17. The van der Waals surface area contributed by atoms with Crippen LogP contribution in [0.4, 0.5) is 0 Å². The van der Waals surface area contributed by atoms with Crippen LogP contribution in [0.3, 0.4) is 0 Å². The van der Waals surface area contributed by atoms with Crippen LogP contribution >= 0.6 is 11.6 Å². The molecule has 1 heterocycles. The molecule has 0 saturated heterocycles. The summed E-state index contributed by atoms with van der Waals surface area (Å²) in [6.07, 6.45) is 3.03. The molecule has 0 aromatic carbocycles. The van der Waals surface area contributed by atoms with Gasteiger partial charge in [-0.25, -0.2) is 0 Å². The number of hydrogen-bond acceptors (Lipinski definition) is 2. The largest absolute Gasteiger partial charge is 0.388 e. The SMILES string of the molecule is O=C1NOC=CC1CCl. The van der Waals surface area contributed by atoms with Crippen LogP contribution < -0.4 is 5.48 Å². The molecule has 0 fully saturated rings. The van der Waals surface area contributed by atoms with Gasteiger partial charge in [0.1, 0.15) is 6.26 Å². The Hall–Kier alpha value is -0.700. The Balaban J connectivity index is 2.57. The van der Waals surface area contributed by atoms with Gasteiger partial charge in [-0.3, -0.25) is 4.79 Å². The molecule has 1 N–H and O–H groups in total. The van der Waals surface area contributed by atoms with Crippen molar-refractivity contribution in [2.24, 2.45) is 5.92 Å². The van der Waals surface area contributed by atoms with E-state index in [0.29, 0.717) is 5.88 Å². The lowest BCUT2D eigenvalue weighted by molar-refractivity contribution is -0.133. The zero-order valence-electron chi connectivity index (χ0n) is 4.63. The van der Waals surface area contributed by atoms with E-state index in [-0.39, 0.29) is 11.8 Å². The molecule has 50 valence electrons. The normalized spacial score (nSPS) is 25.0. The van der Waals surface area contributed by atoms with Crippen molar-refractivity contribution in [3.05, 3.63) is 12.3 Å². The summed E-state index contributed by atoms with van der Waals surface area (Å²) in [6, 6.07) is 0. The number of hydrogen-bond donors (Lipinski definition) is 1. The molecule has 1 amide bonds. The number of halogens is 1. The molecule has 9 heavy (non-hydrogen) atoms. The fraction of sp³-hybridized carbons (Fsp3) is 0.400. The number of rotatable bonds is 1. The fourth-order valence-electron chi connectivity index (χ4n) is 0.511. The summed E-state index contributed by atoms with van der Waals surface area (Å²) < 4.78 is 0. The lowest BCUT2D eigenvalue weighted by atomic mass is 10.1. The average Bonchev–Trinajstić information content (AvgIpc) is 1.89. The quantitative estimate of drug-likeness (QED) is 0.546. The standard InChI is InChI=1S/C5H6ClNO2/c6-3-4-1-2-9-7-5(4)8/h1-2,4H,3H2,(H,7,8). The van der Waals surface area contributed by atoms with Gasteiger partial charge in [0.05, 0.1) is 5.92 Å². The highest BCUT2D eigenvalue weighted by atomic mass is 35.5. The second-order valence-electron chi connectivity index (χ2n) is 1.67. The molecule has 1 aliphatic heterocycles. The van der Waals surface area contributed by atoms with Crippen LogP contribution in [-0.2, 0) is 9.63 Å². The van der Waals surface area contributed by atoms with Crippen molar-refractivity contribution in [3.8, 4) is 0 Å². The smallest absolute Gasteiger partial charge is 0.260 e. The van der Waals surface area contributed by atoms with Gasteiger partial charge in [-0.1, -0.05) is 0 Å². The van der Waals surface area contributed by atoms with Gasteiger partial charge < -0.3 is 4.84 Å². The van der Waals surface area contributed by atoms with Crippen molar-refractivity contribution >= 4 is 17.5 Å². The minimum Gasteiger partial charge on any atom is -0.388 e. The van der Waals surface area contributed by atoms with Crippen molar-refractivity contribution in [1.82, 2.24) is 5.48 Å². The molecule has 0 aromatic rings. The van der Waals surface area contributed by atoms with Gasteiger partial charge in [-0.05, 0) is 6.08 Å². The molecule has 0 spiro atoms. The van der Waals surface area contributed by atoms with Gasteiger partial charge in [-0.2, -0.15) is 5.48 Å². The third-order valence-corrected chi connectivity index (χ3v) is 1.37. The van der Waals surface area contributed by atoms with Crippen molar-refractivity contribution < 1.29 is 9.63 Å². The third-order valence-electron chi connectivity index (χ3n) is 1.04. The Morgan fingerprint density at radius 3 is 3.11 bits per heavy atom. The van der Waals surface area contributed by atoms with Crippen molar-refractivity contribution in [2.45, 2.75) is 0 Å². The van der Waals surface area contributed by atoms with Crippen molar-refractivity contribution in [3.63, 3.8) is 0 Å². The predicted molar refractivity (Wildman–Crippen MR) is 32.6 cm³/mol. The molecule has 0 aromatic heterocycles. The van der Waals surface area contributed by atoms with Crippen molar-refractivity contribution in [2.75, 3.05) is 5.88 Å². The number of nitrogens with one attached hydrogen (secondary N) is 1. The van der Waals surface area contributed by atoms with Crippen LogP contribution in [0.1, 0.15) is 0 Å². The van der Waals surface area contributed by atoms with E-state index in [1.54, 1.807) is 6.08 Å². The van der Waals surface area contributed by atoms with Crippen LogP contribution in [0, 0.1) is 5.92 Å². The Labute approximate surface area is 57.6 Å². The molecule has 1 unspecified atom stereocenters. The number of hydroxylamine groups is 1. The Bertz CT molecular complexity index is 146. The zero-order valence-corrected chi connectivity index (χ0v) is 5.39. The highest BCUT2D eigenvalue weighted by Gasteiger charge is 2.16. The monoisotopic (exact) mass is 147 g/mol. The molecule has 3 nitrogen and oxygen atoms in total. The zero-order chi connectivity index (χ0) is 6.69. The topological polar surface area (TPSA) is 38.3 Å². The highest BCUT2D eigenvalue weighted by molar-refractivity contribution is 6.19. The van der Waals surface area contributed by atoms with Crippen molar-refractivity contribution in [1.29, 1.82) is 0 Å². The molecule has 1 rings (SSSR count). The molecule has 1 atom stereocenters. The van der Waals surface area contributed by atoms with Gasteiger partial charge in [-0.15, -0.1) is 11.6 Å². The maximum Gasteiger partial charge on any atom is 0.260 e. The summed E-state index contributed by atoms with van der Waals surface area (Å²) in [5.74, 6) is -0.126. The Morgan fingerprint density at radius 1 is 1.89 bits per heavy atom. The summed E-state index contributed by atoms with van der Waals surface area (Å²) in [7, 11) is 0. The highest BCUT2D eigenvalue weighted by Crippen LogP contribution is 2.05. The first kappa shape index (κ1) is 6.42. The Kier molecular flexibility index (Phi) is 1.95. The fourth-order valence-corrected chi connectivity index (χ4v) is 0.754. The number of amides is 1. The average molecular weight is 148 g/mol. The number of carbonyl (C=O) groups is 1. The minimum absolute atomic E-state index is 0.187. The van der Waals surface area contributed by atoms with E-state index in [9.17, 15) is 4.79 Å². The lowest BCUT2D eigenvalue weighted by Crippen LogP contribution is -2.32. The van der Waals surface area contributed by atoms with Gasteiger partial charge >= 0.3 is 0 Å². The molecule has 0 bridgehead atoms. The van der Waals surface area contributed by atoms with E-state index in [0.717, 1.165) is 0 Å². The molecule has 4 heteroatoms. The van der Waals surface area contributed by atoms with Crippen LogP contribution in [0.5, 0.6) is 0 Å². The second-order valence-corrected chi connectivity index (χ2v) is 1.98. The van der Waals surface area contributed by atoms with Crippen LogP contribution in [-0.4, -0.2) is 11.8 Å². The van der Waals surface area contributed by atoms with Gasteiger partial charge in [0.25, 0.3) is 5.91 Å². The van der Waals surface area contributed by atoms with E-state index in [1.807, 2.05) is 0 Å². The molecule has 1 aliphatic rings. The first-order chi connectivity index (χ1) is 4.34. The van der Waals surface area contributed by atoms with E-state index in [1.165, 1.54) is 6.26 Å². The molecular formula is C5H6ClNO2. The summed E-state index contributed by atoms with van der Waals surface area (Å²) in [6.45, 7) is 0. The van der Waals surface area contributed by atoms with Gasteiger partial charge in [0, 0.05) is 5.88 Å². The predicted octanol–water partition coefficient (Wildman–Crippen LogP) is 0.416. The van der Waals surface area contributed by atoms with E-state index in [2.05, 4.69) is 10.3 Å². The van der Waals surface area contributed by atoms with E-state index in [4.69, 9.17) is 11.6 Å². The Morgan fingerprint density at radius 2 is 2.67 bits per heavy atom. The molecule has 0 radical (unpaired) electrons. The summed E-state index contributed by atoms with van der Waals surface area (Å²) in [5, 5.41) is 0. The number of alkyl halides is 1. The maximum absolute atomic E-state index is 10.7. The second kappa shape index (κ2) is 2.73. The van der Waals surface area contributed by atoms with Gasteiger partial charge in [0.2, 0.25) is 0 Å². The first-order valence-electron chi connectivity index (χ1n) is 2.52. The molecule has 0 saturated carbocycles. The summed E-state index contributed by atoms with van der Waals surface area (Å²) >= 11 is 5.41. The van der Waals surface area contributed by atoms with Crippen LogP contribution in [0.25, 0.3) is 0 Å². The van der Waals surface area contributed by atoms with Crippen LogP contribution in [0.15, 0.2) is 12.3 Å². The van der Waals surface area contributed by atoms with E-state index < -0.39 is 0 Å².